The van der Waals surface area contributed by atoms with Crippen LogP contribution in [-0.4, -0.2) is 11.2 Å². The molecular weight excluding hydrogens is 280 g/mol. The first-order valence-electron chi connectivity index (χ1n) is 9.75. The molecule has 1 heteroatoms. The number of hydrogen-bond acceptors (Lipinski definition) is 1. The molecule has 1 nitrogen and oxygen atoms in total. The standard InChI is InChI=1S/C22H32O/c1-5-16-14(3)21(23)22(4)11-10-18-17-8-6-13(2)12-15(17)7-9-19(18)20(16)22/h6,8,12,14,16,18-21,23H,5,7,9-11H2,1-4H3/t14?,16?,18?,19?,20-,21-,22-/m0/s1. The van der Waals surface area contributed by atoms with Crippen molar-refractivity contribution in [2.24, 2.45) is 29.1 Å². The summed E-state index contributed by atoms with van der Waals surface area (Å²) in [6.45, 7) is 9.25. The molecule has 0 aromatic heterocycles. The second kappa shape index (κ2) is 5.34. The Morgan fingerprint density at radius 2 is 2.04 bits per heavy atom. The Labute approximate surface area is 141 Å². The van der Waals surface area contributed by atoms with Gasteiger partial charge in [0.25, 0.3) is 0 Å². The average molecular weight is 312 g/mol. The lowest BCUT2D eigenvalue weighted by Gasteiger charge is -2.51. The van der Waals surface area contributed by atoms with Crippen LogP contribution in [-0.2, 0) is 6.42 Å². The lowest BCUT2D eigenvalue weighted by atomic mass is 9.54. The fourth-order valence-corrected chi connectivity index (χ4v) is 6.93. The molecule has 4 unspecified atom stereocenters. The third-order valence-corrected chi connectivity index (χ3v) is 7.96. The van der Waals surface area contributed by atoms with Crippen LogP contribution >= 0.6 is 0 Å². The molecule has 3 aliphatic carbocycles. The van der Waals surface area contributed by atoms with E-state index in [9.17, 15) is 5.11 Å². The second-order valence-electron chi connectivity index (χ2n) is 8.96. The highest BCUT2D eigenvalue weighted by atomic mass is 16.3. The molecule has 3 aliphatic rings. The van der Waals surface area contributed by atoms with Gasteiger partial charge < -0.3 is 5.11 Å². The highest BCUT2D eigenvalue weighted by Gasteiger charge is 2.60. The summed E-state index contributed by atoms with van der Waals surface area (Å²) < 4.78 is 0. The van der Waals surface area contributed by atoms with Crippen LogP contribution in [0.2, 0.25) is 0 Å². The lowest BCUT2D eigenvalue weighted by molar-refractivity contribution is -0.0348. The minimum Gasteiger partial charge on any atom is -0.392 e. The Balaban J connectivity index is 1.74. The van der Waals surface area contributed by atoms with Gasteiger partial charge in [0.15, 0.2) is 0 Å². The Morgan fingerprint density at radius 3 is 2.78 bits per heavy atom. The quantitative estimate of drug-likeness (QED) is 0.765. The zero-order valence-corrected chi connectivity index (χ0v) is 15.2. The summed E-state index contributed by atoms with van der Waals surface area (Å²) in [5.74, 6) is 3.41. The Hall–Kier alpha value is -0.820. The van der Waals surface area contributed by atoms with Gasteiger partial charge >= 0.3 is 0 Å². The first-order valence-corrected chi connectivity index (χ1v) is 9.75. The van der Waals surface area contributed by atoms with Crippen LogP contribution in [0.15, 0.2) is 18.2 Å². The number of aliphatic hydroxyl groups is 1. The molecule has 0 spiro atoms. The van der Waals surface area contributed by atoms with Gasteiger partial charge in [-0.2, -0.15) is 0 Å². The van der Waals surface area contributed by atoms with Crippen LogP contribution in [0.5, 0.6) is 0 Å². The van der Waals surface area contributed by atoms with Crippen LogP contribution < -0.4 is 0 Å². The second-order valence-corrected chi connectivity index (χ2v) is 8.96. The Morgan fingerprint density at radius 1 is 1.26 bits per heavy atom. The van der Waals surface area contributed by atoms with Crippen molar-refractivity contribution < 1.29 is 5.11 Å². The van der Waals surface area contributed by atoms with Crippen molar-refractivity contribution in [2.45, 2.75) is 71.8 Å². The van der Waals surface area contributed by atoms with E-state index in [4.69, 9.17) is 0 Å². The van der Waals surface area contributed by atoms with Gasteiger partial charge in [-0.15, -0.1) is 0 Å². The minimum absolute atomic E-state index is 0.0992. The summed E-state index contributed by atoms with van der Waals surface area (Å²) in [7, 11) is 0. The number of aliphatic hydroxyl groups excluding tert-OH is 1. The summed E-state index contributed by atoms with van der Waals surface area (Å²) in [6, 6.07) is 7.14. The summed E-state index contributed by atoms with van der Waals surface area (Å²) >= 11 is 0. The topological polar surface area (TPSA) is 20.2 Å². The van der Waals surface area contributed by atoms with Gasteiger partial charge in [0, 0.05) is 0 Å². The third-order valence-electron chi connectivity index (χ3n) is 7.96. The SMILES string of the molecule is CCC1C(C)[C@H](O)[C@@]2(C)CCC3c4ccc(C)cc4CCC3[C@H]12. The predicted octanol–water partition coefficient (Wildman–Crippen LogP) is 5.09. The summed E-state index contributed by atoms with van der Waals surface area (Å²) in [4.78, 5) is 0. The molecule has 0 aliphatic heterocycles. The monoisotopic (exact) mass is 312 g/mol. The fraction of sp³-hybridized carbons (Fsp3) is 0.727. The van der Waals surface area contributed by atoms with Crippen LogP contribution in [0.25, 0.3) is 0 Å². The molecule has 23 heavy (non-hydrogen) atoms. The fourth-order valence-electron chi connectivity index (χ4n) is 6.93. The lowest BCUT2D eigenvalue weighted by Crippen LogP contribution is -2.45. The highest BCUT2D eigenvalue weighted by Crippen LogP contribution is 2.64. The summed E-state index contributed by atoms with van der Waals surface area (Å²) in [6.07, 6.45) is 6.17. The molecule has 1 N–H and O–H groups in total. The molecule has 0 saturated heterocycles. The van der Waals surface area contributed by atoms with E-state index in [2.05, 4.69) is 45.9 Å². The van der Waals surface area contributed by atoms with Crippen molar-refractivity contribution in [1.29, 1.82) is 0 Å². The van der Waals surface area contributed by atoms with E-state index in [1.807, 2.05) is 0 Å². The van der Waals surface area contributed by atoms with Gasteiger partial charge in [-0.1, -0.05) is 51.0 Å². The number of hydrogen-bond donors (Lipinski definition) is 1. The van der Waals surface area contributed by atoms with Gasteiger partial charge in [-0.3, -0.25) is 0 Å². The van der Waals surface area contributed by atoms with Crippen molar-refractivity contribution in [3.63, 3.8) is 0 Å². The van der Waals surface area contributed by atoms with Crippen LogP contribution in [0, 0.1) is 36.0 Å². The summed E-state index contributed by atoms with van der Waals surface area (Å²) in [5.41, 5.74) is 4.80. The molecule has 0 radical (unpaired) electrons. The zero-order chi connectivity index (χ0) is 16.4. The molecular formula is C22H32O. The van der Waals surface area contributed by atoms with E-state index in [-0.39, 0.29) is 11.5 Å². The average Bonchev–Trinajstić information content (AvgIpc) is 2.74. The molecule has 2 saturated carbocycles. The first-order chi connectivity index (χ1) is 11.0. The Bertz CT molecular complexity index is 606. The van der Waals surface area contributed by atoms with E-state index < -0.39 is 0 Å². The van der Waals surface area contributed by atoms with Crippen molar-refractivity contribution in [2.75, 3.05) is 0 Å². The van der Waals surface area contributed by atoms with Gasteiger partial charge in [-0.25, -0.2) is 0 Å². The van der Waals surface area contributed by atoms with E-state index in [1.54, 1.807) is 11.1 Å². The smallest absolute Gasteiger partial charge is 0.0624 e. The van der Waals surface area contributed by atoms with E-state index >= 15 is 0 Å². The molecule has 0 bridgehead atoms. The molecule has 126 valence electrons. The molecule has 7 atom stereocenters. The number of rotatable bonds is 1. The normalized spacial score (nSPS) is 45.3. The van der Waals surface area contributed by atoms with Gasteiger partial charge in [-0.05, 0) is 78.7 Å². The molecule has 4 rings (SSSR count). The Kier molecular flexibility index (Phi) is 3.65. The van der Waals surface area contributed by atoms with Crippen LogP contribution in [0.1, 0.15) is 69.1 Å². The van der Waals surface area contributed by atoms with E-state index in [0.29, 0.717) is 17.8 Å². The molecule has 0 heterocycles. The number of benzene rings is 1. The van der Waals surface area contributed by atoms with Crippen LogP contribution in [0.4, 0.5) is 0 Å². The van der Waals surface area contributed by atoms with Crippen LogP contribution in [0.3, 0.4) is 0 Å². The van der Waals surface area contributed by atoms with E-state index in [0.717, 1.165) is 11.8 Å². The largest absolute Gasteiger partial charge is 0.392 e. The molecule has 0 amide bonds. The minimum atomic E-state index is -0.0992. The molecule has 1 aromatic rings. The first kappa shape index (κ1) is 15.7. The van der Waals surface area contributed by atoms with E-state index in [1.165, 1.54) is 37.7 Å². The van der Waals surface area contributed by atoms with Crippen molar-refractivity contribution >= 4 is 0 Å². The zero-order valence-electron chi connectivity index (χ0n) is 15.2. The third kappa shape index (κ3) is 2.08. The molecule has 2 fully saturated rings. The van der Waals surface area contributed by atoms with Gasteiger partial charge in [0.05, 0.1) is 6.10 Å². The number of fused-ring (bicyclic) bond motifs is 5. The molecule has 1 aromatic carbocycles. The highest BCUT2D eigenvalue weighted by molar-refractivity contribution is 5.38. The van der Waals surface area contributed by atoms with Gasteiger partial charge in [0.2, 0.25) is 0 Å². The van der Waals surface area contributed by atoms with Crippen molar-refractivity contribution in [3.8, 4) is 0 Å². The summed E-state index contributed by atoms with van der Waals surface area (Å²) in [5, 5.41) is 11.0. The van der Waals surface area contributed by atoms with Crippen molar-refractivity contribution in [3.05, 3.63) is 34.9 Å². The maximum absolute atomic E-state index is 11.0. The maximum Gasteiger partial charge on any atom is 0.0624 e. The van der Waals surface area contributed by atoms with Crippen molar-refractivity contribution in [1.82, 2.24) is 0 Å². The van der Waals surface area contributed by atoms with Gasteiger partial charge in [0.1, 0.15) is 0 Å². The number of aryl methyl sites for hydroxylation is 2. The predicted molar refractivity (Wildman–Crippen MR) is 95.5 cm³/mol. The maximum atomic E-state index is 11.0.